The van der Waals surface area contributed by atoms with Crippen LogP contribution in [-0.2, 0) is 4.79 Å². The van der Waals surface area contributed by atoms with Gasteiger partial charge in [-0.2, -0.15) is 5.26 Å². The first-order valence-corrected chi connectivity index (χ1v) is 7.76. The van der Waals surface area contributed by atoms with Gasteiger partial charge in [-0.05, 0) is 61.7 Å². The molecule has 0 atom stereocenters. The van der Waals surface area contributed by atoms with E-state index in [0.29, 0.717) is 12.3 Å². The van der Waals surface area contributed by atoms with Crippen LogP contribution in [0.2, 0.25) is 0 Å². The fourth-order valence-corrected chi connectivity index (χ4v) is 2.20. The molecule has 0 heterocycles. The van der Waals surface area contributed by atoms with Gasteiger partial charge in [0.1, 0.15) is 17.4 Å². The quantitative estimate of drug-likeness (QED) is 0.662. The first-order chi connectivity index (χ1) is 11.5. The van der Waals surface area contributed by atoms with Gasteiger partial charge in [0.2, 0.25) is 0 Å². The zero-order valence-corrected chi connectivity index (χ0v) is 14.1. The van der Waals surface area contributed by atoms with Crippen molar-refractivity contribution in [2.75, 3.05) is 11.9 Å². The van der Waals surface area contributed by atoms with Crippen LogP contribution in [0.4, 0.5) is 5.69 Å². The van der Waals surface area contributed by atoms with Crippen LogP contribution >= 0.6 is 0 Å². The number of nitrogens with zero attached hydrogens (tertiary/aromatic N) is 1. The predicted octanol–water partition coefficient (Wildman–Crippen LogP) is 4.25. The highest BCUT2D eigenvalue weighted by molar-refractivity contribution is 6.10. The topological polar surface area (TPSA) is 62.1 Å². The van der Waals surface area contributed by atoms with Gasteiger partial charge in [-0.15, -0.1) is 0 Å². The second-order valence-corrected chi connectivity index (χ2v) is 5.44. The lowest BCUT2D eigenvalue weighted by Crippen LogP contribution is -2.14. The molecule has 0 bridgehead atoms. The Hall–Kier alpha value is -3.06. The molecule has 1 amide bonds. The normalized spacial score (nSPS) is 10.8. The Kier molecular flexibility index (Phi) is 5.75. The summed E-state index contributed by atoms with van der Waals surface area (Å²) in [5.74, 6) is 0.341. The number of carbonyl (C=O) groups is 1. The summed E-state index contributed by atoms with van der Waals surface area (Å²) >= 11 is 0. The van der Waals surface area contributed by atoms with E-state index in [1.165, 1.54) is 0 Å². The predicted molar refractivity (Wildman–Crippen MR) is 95.7 cm³/mol. The third-order valence-corrected chi connectivity index (χ3v) is 3.51. The molecule has 0 aliphatic heterocycles. The molecule has 1 N–H and O–H groups in total. The van der Waals surface area contributed by atoms with Crippen molar-refractivity contribution in [3.05, 3.63) is 64.7 Å². The van der Waals surface area contributed by atoms with Crippen LogP contribution in [0.1, 0.15) is 23.6 Å². The van der Waals surface area contributed by atoms with Gasteiger partial charge < -0.3 is 10.1 Å². The van der Waals surface area contributed by atoms with Gasteiger partial charge in [0.15, 0.2) is 0 Å². The van der Waals surface area contributed by atoms with Gasteiger partial charge in [-0.1, -0.05) is 24.3 Å². The Bertz CT molecular complexity index is 799. The summed E-state index contributed by atoms with van der Waals surface area (Å²) in [6.45, 7) is 6.38. The van der Waals surface area contributed by atoms with E-state index in [9.17, 15) is 10.1 Å². The fourth-order valence-electron chi connectivity index (χ4n) is 2.20. The number of nitrogens with one attached hydrogen (secondary N) is 1. The maximum atomic E-state index is 12.4. The zero-order valence-electron chi connectivity index (χ0n) is 14.1. The number of nitriles is 1. The molecule has 0 unspecified atom stereocenters. The smallest absolute Gasteiger partial charge is 0.266 e. The maximum Gasteiger partial charge on any atom is 0.266 e. The second kappa shape index (κ2) is 7.98. The molecule has 2 rings (SSSR count). The standard InChI is InChI=1S/C20H20N2O2/c1-4-24-18-9-7-16(8-10-18)12-17(13-21)20(23)22-19-11-14(2)5-6-15(19)3/h5-12H,4H2,1-3H3,(H,22,23). The first-order valence-electron chi connectivity index (χ1n) is 7.76. The number of hydrogen-bond donors (Lipinski definition) is 1. The Morgan fingerprint density at radius 2 is 1.92 bits per heavy atom. The van der Waals surface area contributed by atoms with Crippen molar-refractivity contribution < 1.29 is 9.53 Å². The molecule has 0 saturated carbocycles. The second-order valence-electron chi connectivity index (χ2n) is 5.44. The highest BCUT2D eigenvalue weighted by Crippen LogP contribution is 2.18. The molecule has 4 nitrogen and oxygen atoms in total. The summed E-state index contributed by atoms with van der Waals surface area (Å²) < 4.78 is 5.38. The van der Waals surface area contributed by atoms with Crippen LogP contribution in [0.15, 0.2) is 48.0 Å². The van der Waals surface area contributed by atoms with Crippen LogP contribution in [0.25, 0.3) is 6.08 Å². The molecule has 0 fully saturated rings. The van der Waals surface area contributed by atoms with Crippen LogP contribution in [0.3, 0.4) is 0 Å². The minimum absolute atomic E-state index is 0.0556. The van der Waals surface area contributed by atoms with Crippen molar-refractivity contribution in [2.24, 2.45) is 0 Å². The van der Waals surface area contributed by atoms with Crippen LogP contribution in [0.5, 0.6) is 5.75 Å². The maximum absolute atomic E-state index is 12.4. The molecule has 0 saturated heterocycles. The molecule has 0 radical (unpaired) electrons. The summed E-state index contributed by atoms with van der Waals surface area (Å²) in [5.41, 5.74) is 3.54. The van der Waals surface area contributed by atoms with Gasteiger partial charge in [0, 0.05) is 5.69 Å². The van der Waals surface area contributed by atoms with Crippen molar-refractivity contribution >= 4 is 17.7 Å². The molecule has 0 aromatic heterocycles. The van der Waals surface area contributed by atoms with Gasteiger partial charge in [0.05, 0.1) is 6.61 Å². The molecule has 4 heteroatoms. The molecular weight excluding hydrogens is 300 g/mol. The third kappa shape index (κ3) is 4.47. The molecule has 0 spiro atoms. The summed E-state index contributed by atoms with van der Waals surface area (Å²) in [6.07, 6.45) is 1.57. The highest BCUT2D eigenvalue weighted by Gasteiger charge is 2.11. The zero-order chi connectivity index (χ0) is 17.5. The average molecular weight is 320 g/mol. The van der Waals surface area contributed by atoms with Crippen molar-refractivity contribution in [3.8, 4) is 11.8 Å². The van der Waals surface area contributed by atoms with Gasteiger partial charge in [-0.3, -0.25) is 4.79 Å². The summed E-state index contributed by atoms with van der Waals surface area (Å²) in [5, 5.41) is 12.1. The van der Waals surface area contributed by atoms with Crippen molar-refractivity contribution in [3.63, 3.8) is 0 Å². The number of carbonyl (C=O) groups excluding carboxylic acids is 1. The van der Waals surface area contributed by atoms with E-state index in [0.717, 1.165) is 22.4 Å². The molecule has 0 aliphatic rings. The van der Waals surface area contributed by atoms with E-state index in [4.69, 9.17) is 4.74 Å². The highest BCUT2D eigenvalue weighted by atomic mass is 16.5. The van der Waals surface area contributed by atoms with Gasteiger partial charge >= 0.3 is 0 Å². The molecule has 2 aromatic carbocycles. The lowest BCUT2D eigenvalue weighted by atomic mass is 10.1. The largest absolute Gasteiger partial charge is 0.494 e. The van der Waals surface area contributed by atoms with Crippen LogP contribution in [-0.4, -0.2) is 12.5 Å². The number of benzene rings is 2. The fraction of sp³-hybridized carbons (Fsp3) is 0.200. The molecule has 24 heavy (non-hydrogen) atoms. The summed E-state index contributed by atoms with van der Waals surface area (Å²) in [6, 6.07) is 15.0. The van der Waals surface area contributed by atoms with E-state index in [1.807, 2.05) is 69.3 Å². The van der Waals surface area contributed by atoms with E-state index in [-0.39, 0.29) is 5.57 Å². The van der Waals surface area contributed by atoms with Crippen molar-refractivity contribution in [2.45, 2.75) is 20.8 Å². The average Bonchev–Trinajstić information content (AvgIpc) is 2.57. The number of rotatable bonds is 5. The lowest BCUT2D eigenvalue weighted by Gasteiger charge is -2.09. The Morgan fingerprint density at radius 1 is 1.21 bits per heavy atom. The number of anilines is 1. The summed E-state index contributed by atoms with van der Waals surface area (Å²) in [7, 11) is 0. The SMILES string of the molecule is CCOc1ccc(C=C(C#N)C(=O)Nc2cc(C)ccc2C)cc1. The van der Waals surface area contributed by atoms with E-state index in [1.54, 1.807) is 6.08 Å². The number of ether oxygens (including phenoxy) is 1. The Morgan fingerprint density at radius 3 is 2.54 bits per heavy atom. The number of aryl methyl sites for hydroxylation is 2. The lowest BCUT2D eigenvalue weighted by molar-refractivity contribution is -0.112. The number of amides is 1. The minimum atomic E-state index is -0.417. The Labute approximate surface area is 142 Å². The third-order valence-electron chi connectivity index (χ3n) is 3.51. The summed E-state index contributed by atoms with van der Waals surface area (Å²) in [4.78, 5) is 12.4. The van der Waals surface area contributed by atoms with Crippen molar-refractivity contribution in [1.82, 2.24) is 0 Å². The van der Waals surface area contributed by atoms with E-state index in [2.05, 4.69) is 5.32 Å². The molecule has 2 aromatic rings. The minimum Gasteiger partial charge on any atom is -0.494 e. The monoisotopic (exact) mass is 320 g/mol. The Balaban J connectivity index is 2.19. The van der Waals surface area contributed by atoms with Gasteiger partial charge in [-0.25, -0.2) is 0 Å². The van der Waals surface area contributed by atoms with Crippen LogP contribution < -0.4 is 10.1 Å². The molecule has 0 aliphatic carbocycles. The number of hydrogen-bond acceptors (Lipinski definition) is 3. The molecular formula is C20H20N2O2. The van der Waals surface area contributed by atoms with Gasteiger partial charge in [0.25, 0.3) is 5.91 Å². The van der Waals surface area contributed by atoms with Crippen LogP contribution in [0, 0.1) is 25.2 Å². The van der Waals surface area contributed by atoms with E-state index < -0.39 is 5.91 Å². The van der Waals surface area contributed by atoms with Crippen molar-refractivity contribution in [1.29, 1.82) is 5.26 Å². The first kappa shape index (κ1) is 17.3. The molecule has 122 valence electrons. The van der Waals surface area contributed by atoms with E-state index >= 15 is 0 Å².